The monoisotopic (exact) mass is 334 g/mol. The molecule has 0 fully saturated rings. The number of amides is 1. The highest BCUT2D eigenvalue weighted by atomic mass is 35.5. The zero-order valence-corrected chi connectivity index (χ0v) is 13.7. The number of aliphatic hydroxyl groups is 1. The van der Waals surface area contributed by atoms with Gasteiger partial charge in [-0.1, -0.05) is 60.7 Å². The van der Waals surface area contributed by atoms with E-state index in [0.717, 1.165) is 11.1 Å². The second-order valence-electron chi connectivity index (χ2n) is 5.25. The Kier molecular flexibility index (Phi) is 8.33. The lowest BCUT2D eigenvalue weighted by Crippen LogP contribution is -2.36. The number of aliphatic hydroxyl groups excluding tert-OH is 1. The average Bonchev–Trinajstić information content (AvgIpc) is 2.59. The smallest absolute Gasteiger partial charge is 0.241 e. The number of hydrogen-bond acceptors (Lipinski definition) is 3. The van der Waals surface area contributed by atoms with Crippen molar-refractivity contribution in [3.05, 3.63) is 71.8 Å². The van der Waals surface area contributed by atoms with E-state index < -0.39 is 6.04 Å². The third-order valence-corrected chi connectivity index (χ3v) is 3.71. The number of halogens is 1. The summed E-state index contributed by atoms with van der Waals surface area (Å²) in [6.45, 7) is 0.546. The normalized spacial score (nSPS) is 12.8. The van der Waals surface area contributed by atoms with Gasteiger partial charge in [-0.2, -0.15) is 0 Å². The van der Waals surface area contributed by atoms with Crippen molar-refractivity contribution in [2.45, 2.75) is 18.4 Å². The fourth-order valence-corrected chi connectivity index (χ4v) is 2.41. The van der Waals surface area contributed by atoms with Crippen molar-refractivity contribution in [2.75, 3.05) is 13.2 Å². The molecule has 4 nitrogen and oxygen atoms in total. The van der Waals surface area contributed by atoms with Gasteiger partial charge in [0, 0.05) is 19.1 Å². The minimum Gasteiger partial charge on any atom is -0.396 e. The van der Waals surface area contributed by atoms with Crippen LogP contribution in [0.3, 0.4) is 0 Å². The second-order valence-corrected chi connectivity index (χ2v) is 5.25. The predicted octanol–water partition coefficient (Wildman–Crippen LogP) is 2.39. The summed E-state index contributed by atoms with van der Waals surface area (Å²) < 4.78 is 0. The lowest BCUT2D eigenvalue weighted by Gasteiger charge is -2.19. The van der Waals surface area contributed by atoms with Crippen LogP contribution in [0.5, 0.6) is 0 Å². The van der Waals surface area contributed by atoms with Gasteiger partial charge in [-0.15, -0.1) is 12.4 Å². The topological polar surface area (TPSA) is 75.4 Å². The Morgan fingerprint density at radius 3 is 2.04 bits per heavy atom. The number of nitrogens with two attached hydrogens (primary N) is 1. The summed E-state index contributed by atoms with van der Waals surface area (Å²) in [5.74, 6) is -0.122. The summed E-state index contributed by atoms with van der Waals surface area (Å²) in [6, 6.07) is 18.5. The van der Waals surface area contributed by atoms with Crippen LogP contribution in [0, 0.1) is 0 Å². The fourth-order valence-electron chi connectivity index (χ4n) is 2.41. The SMILES string of the molecule is Cl.NC(C(=O)NCC(CCO)c1ccccc1)c1ccccc1. The largest absolute Gasteiger partial charge is 0.396 e. The molecule has 0 heterocycles. The first-order valence-corrected chi connectivity index (χ1v) is 7.46. The van der Waals surface area contributed by atoms with Crippen LogP contribution in [0.25, 0.3) is 0 Å². The van der Waals surface area contributed by atoms with Crippen LogP contribution in [0.4, 0.5) is 0 Å². The van der Waals surface area contributed by atoms with Crippen LogP contribution < -0.4 is 11.1 Å². The maximum atomic E-state index is 12.2. The van der Waals surface area contributed by atoms with Crippen molar-refractivity contribution in [3.8, 4) is 0 Å². The van der Waals surface area contributed by atoms with E-state index in [1.165, 1.54) is 0 Å². The Morgan fingerprint density at radius 1 is 1.00 bits per heavy atom. The van der Waals surface area contributed by atoms with Crippen LogP contribution in [0.1, 0.15) is 29.5 Å². The van der Waals surface area contributed by atoms with Crippen LogP contribution in [0.15, 0.2) is 60.7 Å². The molecular weight excluding hydrogens is 312 g/mol. The molecule has 2 rings (SSSR count). The number of nitrogens with one attached hydrogen (secondary N) is 1. The Bertz CT molecular complexity index is 578. The Morgan fingerprint density at radius 2 is 1.52 bits per heavy atom. The van der Waals surface area contributed by atoms with Gasteiger partial charge in [0.05, 0.1) is 0 Å². The number of carbonyl (C=O) groups is 1. The number of rotatable bonds is 7. The summed E-state index contributed by atoms with van der Waals surface area (Å²) in [6.07, 6.45) is 0.602. The van der Waals surface area contributed by atoms with E-state index in [2.05, 4.69) is 5.32 Å². The van der Waals surface area contributed by atoms with Gasteiger partial charge >= 0.3 is 0 Å². The van der Waals surface area contributed by atoms with E-state index >= 15 is 0 Å². The first kappa shape index (κ1) is 19.2. The van der Waals surface area contributed by atoms with Crippen molar-refractivity contribution in [3.63, 3.8) is 0 Å². The molecule has 0 aliphatic rings. The highest BCUT2D eigenvalue weighted by molar-refractivity contribution is 5.85. The molecule has 0 radical (unpaired) electrons. The van der Waals surface area contributed by atoms with Crippen LogP contribution in [0.2, 0.25) is 0 Å². The zero-order valence-electron chi connectivity index (χ0n) is 12.9. The molecule has 0 spiro atoms. The van der Waals surface area contributed by atoms with Gasteiger partial charge in [-0.05, 0) is 17.5 Å². The predicted molar refractivity (Wildman–Crippen MR) is 94.5 cm³/mol. The van der Waals surface area contributed by atoms with Crippen molar-refractivity contribution >= 4 is 18.3 Å². The highest BCUT2D eigenvalue weighted by Gasteiger charge is 2.17. The van der Waals surface area contributed by atoms with Crippen LogP contribution >= 0.6 is 12.4 Å². The Balaban J connectivity index is 0.00000264. The molecule has 0 bridgehead atoms. The molecule has 2 atom stereocenters. The lowest BCUT2D eigenvalue weighted by atomic mass is 9.96. The van der Waals surface area contributed by atoms with Crippen molar-refractivity contribution in [2.24, 2.45) is 5.73 Å². The molecule has 0 saturated heterocycles. The first-order valence-electron chi connectivity index (χ1n) is 7.46. The molecule has 0 aliphatic heterocycles. The van der Waals surface area contributed by atoms with E-state index in [1.54, 1.807) is 0 Å². The number of carbonyl (C=O) groups excluding carboxylic acids is 1. The minimum atomic E-state index is -0.674. The van der Waals surface area contributed by atoms with E-state index in [4.69, 9.17) is 5.73 Å². The molecular formula is C18H23ClN2O2. The third-order valence-electron chi connectivity index (χ3n) is 3.71. The number of hydrogen-bond donors (Lipinski definition) is 3. The van der Waals surface area contributed by atoms with Gasteiger partial charge in [0.25, 0.3) is 0 Å². The molecule has 1 amide bonds. The minimum absolute atomic E-state index is 0. The highest BCUT2D eigenvalue weighted by Crippen LogP contribution is 2.18. The molecule has 5 heteroatoms. The summed E-state index contributed by atoms with van der Waals surface area (Å²) in [5.41, 5.74) is 7.87. The van der Waals surface area contributed by atoms with Crippen molar-refractivity contribution in [1.82, 2.24) is 5.32 Å². The molecule has 124 valence electrons. The van der Waals surface area contributed by atoms with E-state index in [1.807, 2.05) is 60.7 Å². The van der Waals surface area contributed by atoms with Crippen LogP contribution in [-0.2, 0) is 4.79 Å². The Labute approximate surface area is 143 Å². The quantitative estimate of drug-likeness (QED) is 0.727. The van der Waals surface area contributed by atoms with Crippen LogP contribution in [-0.4, -0.2) is 24.2 Å². The summed E-state index contributed by atoms with van der Waals surface area (Å²) in [7, 11) is 0. The van der Waals surface area contributed by atoms with E-state index in [0.29, 0.717) is 13.0 Å². The fraction of sp³-hybridized carbons (Fsp3) is 0.278. The second kappa shape index (κ2) is 10.0. The molecule has 0 aromatic heterocycles. The molecule has 4 N–H and O–H groups in total. The lowest BCUT2D eigenvalue weighted by molar-refractivity contribution is -0.122. The maximum Gasteiger partial charge on any atom is 0.241 e. The van der Waals surface area contributed by atoms with Crippen molar-refractivity contribution in [1.29, 1.82) is 0 Å². The molecule has 2 unspecified atom stereocenters. The summed E-state index contributed by atoms with van der Waals surface area (Å²) in [4.78, 5) is 12.2. The molecule has 2 aromatic carbocycles. The standard InChI is InChI=1S/C18H22N2O2.ClH/c19-17(15-9-5-2-6-10-15)18(22)20-13-16(11-12-21)14-7-3-1-4-8-14;/h1-10,16-17,21H,11-13,19H2,(H,20,22);1H. The zero-order chi connectivity index (χ0) is 15.8. The molecule has 23 heavy (non-hydrogen) atoms. The van der Waals surface area contributed by atoms with Crippen molar-refractivity contribution < 1.29 is 9.90 Å². The van der Waals surface area contributed by atoms with Gasteiger partial charge < -0.3 is 16.2 Å². The Hall–Kier alpha value is -1.88. The summed E-state index contributed by atoms with van der Waals surface area (Å²) >= 11 is 0. The maximum absolute atomic E-state index is 12.2. The number of benzene rings is 2. The first-order chi connectivity index (χ1) is 10.7. The van der Waals surface area contributed by atoms with Gasteiger partial charge in [0.2, 0.25) is 5.91 Å². The molecule has 2 aromatic rings. The van der Waals surface area contributed by atoms with Gasteiger partial charge in [-0.25, -0.2) is 0 Å². The summed E-state index contributed by atoms with van der Waals surface area (Å²) in [5, 5.41) is 12.1. The van der Waals surface area contributed by atoms with Gasteiger partial charge in [-0.3, -0.25) is 4.79 Å². The van der Waals surface area contributed by atoms with E-state index in [9.17, 15) is 9.90 Å². The third kappa shape index (κ3) is 5.67. The van der Waals surface area contributed by atoms with Gasteiger partial charge in [0.15, 0.2) is 0 Å². The molecule has 0 saturated carbocycles. The van der Waals surface area contributed by atoms with E-state index in [-0.39, 0.29) is 30.8 Å². The van der Waals surface area contributed by atoms with Gasteiger partial charge in [0.1, 0.15) is 6.04 Å². The average molecular weight is 335 g/mol. The molecule has 0 aliphatic carbocycles.